The fourth-order valence-electron chi connectivity index (χ4n) is 4.96. The molecule has 0 bridgehead atoms. The van der Waals surface area contributed by atoms with E-state index in [1.807, 2.05) is 13.1 Å². The predicted molar refractivity (Wildman–Crippen MR) is 113 cm³/mol. The molecule has 154 valence electrons. The lowest BCUT2D eigenvalue weighted by Crippen LogP contribution is -2.50. The number of methoxy groups -OCH3 is 1. The Bertz CT molecular complexity index is 698. The van der Waals surface area contributed by atoms with Crippen molar-refractivity contribution < 1.29 is 9.53 Å². The maximum Gasteiger partial charge on any atom is 0.217 e. The summed E-state index contributed by atoms with van der Waals surface area (Å²) in [4.78, 5) is 18.1. The van der Waals surface area contributed by atoms with Crippen LogP contribution in [0.4, 0.5) is 0 Å². The Morgan fingerprint density at radius 1 is 1.32 bits per heavy atom. The van der Waals surface area contributed by atoms with Crippen LogP contribution in [0.5, 0.6) is 5.75 Å². The summed E-state index contributed by atoms with van der Waals surface area (Å²) in [6.45, 7) is 2.65. The van der Waals surface area contributed by atoms with Gasteiger partial charge in [0.2, 0.25) is 5.91 Å². The van der Waals surface area contributed by atoms with E-state index in [9.17, 15) is 4.79 Å². The fraction of sp³-hybridized carbons (Fsp3) is 0.636. The Morgan fingerprint density at radius 3 is 2.75 bits per heavy atom. The number of piperidine rings is 1. The number of likely N-dealkylation sites (tertiary alicyclic amines) is 1. The molecule has 0 spiro atoms. The van der Waals surface area contributed by atoms with E-state index in [4.69, 9.17) is 10.5 Å². The number of nitrogens with zero attached hydrogens (tertiary/aromatic N) is 2. The van der Waals surface area contributed by atoms with Crippen LogP contribution < -0.4 is 15.8 Å². The van der Waals surface area contributed by atoms with Crippen molar-refractivity contribution in [3.8, 4) is 5.75 Å². The number of para-hydroxylation sites is 1. The van der Waals surface area contributed by atoms with Gasteiger partial charge in [-0.1, -0.05) is 31.0 Å². The summed E-state index contributed by atoms with van der Waals surface area (Å²) in [6.07, 6.45) is 7.37. The van der Waals surface area contributed by atoms with Crippen molar-refractivity contribution in [2.45, 2.75) is 50.4 Å². The molecule has 28 heavy (non-hydrogen) atoms. The monoisotopic (exact) mass is 386 g/mol. The third kappa shape index (κ3) is 4.59. The van der Waals surface area contributed by atoms with Crippen LogP contribution in [-0.2, 0) is 10.2 Å². The second kappa shape index (κ2) is 9.30. The van der Waals surface area contributed by atoms with Crippen molar-refractivity contribution in [2.24, 2.45) is 16.6 Å². The van der Waals surface area contributed by atoms with Crippen molar-refractivity contribution in [1.29, 1.82) is 0 Å². The van der Waals surface area contributed by atoms with Crippen LogP contribution in [0, 0.1) is 5.92 Å². The molecule has 6 heteroatoms. The van der Waals surface area contributed by atoms with Crippen molar-refractivity contribution in [3.63, 3.8) is 0 Å². The number of carbonyl (C=O) groups is 1. The molecular formula is C22H34N4O2. The number of rotatable bonds is 6. The molecule has 1 aromatic rings. The van der Waals surface area contributed by atoms with Gasteiger partial charge in [0.1, 0.15) is 5.75 Å². The smallest absolute Gasteiger partial charge is 0.217 e. The Morgan fingerprint density at radius 2 is 2.07 bits per heavy atom. The first-order chi connectivity index (χ1) is 13.6. The van der Waals surface area contributed by atoms with Gasteiger partial charge in [-0.2, -0.15) is 0 Å². The van der Waals surface area contributed by atoms with E-state index in [1.165, 1.54) is 18.4 Å². The van der Waals surface area contributed by atoms with Gasteiger partial charge in [0, 0.05) is 44.1 Å². The van der Waals surface area contributed by atoms with Gasteiger partial charge in [-0.15, -0.1) is 0 Å². The second-order valence-corrected chi connectivity index (χ2v) is 8.21. The number of amides is 1. The molecule has 1 heterocycles. The third-order valence-electron chi connectivity index (χ3n) is 6.34. The highest BCUT2D eigenvalue weighted by molar-refractivity contribution is 5.80. The summed E-state index contributed by atoms with van der Waals surface area (Å²) in [5.74, 6) is 2.01. The molecule has 1 atom stereocenters. The van der Waals surface area contributed by atoms with E-state index in [0.29, 0.717) is 12.3 Å². The SMILES string of the molecule is CN=C(NCC1(c2ccccc2OC)CCCC1)N1CCCC(CC(N)=O)C1. The normalized spacial score (nSPS) is 22.1. The van der Waals surface area contributed by atoms with E-state index in [-0.39, 0.29) is 11.3 Å². The van der Waals surface area contributed by atoms with Gasteiger partial charge in [-0.3, -0.25) is 9.79 Å². The number of hydrogen-bond donors (Lipinski definition) is 2. The number of nitrogens with one attached hydrogen (secondary N) is 1. The first kappa shape index (κ1) is 20.5. The molecule has 2 fully saturated rings. The quantitative estimate of drug-likeness (QED) is 0.582. The van der Waals surface area contributed by atoms with Crippen LogP contribution in [0.25, 0.3) is 0 Å². The third-order valence-corrected chi connectivity index (χ3v) is 6.34. The highest BCUT2D eigenvalue weighted by Gasteiger charge is 2.38. The van der Waals surface area contributed by atoms with Gasteiger partial charge in [0.25, 0.3) is 0 Å². The lowest BCUT2D eigenvalue weighted by Gasteiger charge is -2.37. The molecule has 0 aromatic heterocycles. The number of primary amides is 1. The zero-order valence-corrected chi connectivity index (χ0v) is 17.2. The molecule has 3 N–H and O–H groups in total. The summed E-state index contributed by atoms with van der Waals surface area (Å²) < 4.78 is 5.67. The molecule has 1 aliphatic carbocycles. The fourth-order valence-corrected chi connectivity index (χ4v) is 4.96. The standard InChI is InChI=1S/C22H34N4O2/c1-24-21(26-13-7-8-17(15-26)14-20(23)27)25-16-22(11-5-6-12-22)18-9-3-4-10-19(18)28-2/h3-4,9-10,17H,5-8,11-16H2,1-2H3,(H2,23,27)(H,24,25). The molecular weight excluding hydrogens is 352 g/mol. The van der Waals surface area contributed by atoms with Crippen molar-refractivity contribution in [1.82, 2.24) is 10.2 Å². The van der Waals surface area contributed by atoms with Gasteiger partial charge in [0.05, 0.1) is 7.11 Å². The highest BCUT2D eigenvalue weighted by Crippen LogP contribution is 2.44. The first-order valence-corrected chi connectivity index (χ1v) is 10.5. The van der Waals surface area contributed by atoms with Crippen molar-refractivity contribution in [2.75, 3.05) is 33.8 Å². The predicted octanol–water partition coefficient (Wildman–Crippen LogP) is 2.67. The molecule has 1 aliphatic heterocycles. The number of nitrogens with two attached hydrogens (primary N) is 1. The number of benzene rings is 1. The van der Waals surface area contributed by atoms with Crippen LogP contribution in [0.1, 0.15) is 50.5 Å². The van der Waals surface area contributed by atoms with E-state index >= 15 is 0 Å². The summed E-state index contributed by atoms with van der Waals surface area (Å²) in [5, 5.41) is 3.65. The lowest BCUT2D eigenvalue weighted by molar-refractivity contribution is -0.119. The van der Waals surface area contributed by atoms with E-state index in [2.05, 4.69) is 33.4 Å². The van der Waals surface area contributed by atoms with E-state index in [1.54, 1.807) is 7.11 Å². The van der Waals surface area contributed by atoms with E-state index < -0.39 is 0 Å². The summed E-state index contributed by atoms with van der Waals surface area (Å²) in [5.41, 5.74) is 6.78. The number of carbonyl (C=O) groups excluding carboxylic acids is 1. The minimum Gasteiger partial charge on any atom is -0.496 e. The van der Waals surface area contributed by atoms with Gasteiger partial charge >= 0.3 is 0 Å². The molecule has 1 unspecified atom stereocenters. The summed E-state index contributed by atoms with van der Waals surface area (Å²) in [6, 6.07) is 8.40. The Balaban J connectivity index is 1.71. The first-order valence-electron chi connectivity index (χ1n) is 10.5. The Hall–Kier alpha value is -2.24. The number of aliphatic imine (C=N–C) groups is 1. The molecule has 1 saturated carbocycles. The topological polar surface area (TPSA) is 80.0 Å². The van der Waals surface area contributed by atoms with Gasteiger partial charge in [-0.25, -0.2) is 0 Å². The summed E-state index contributed by atoms with van der Waals surface area (Å²) >= 11 is 0. The molecule has 2 aliphatic rings. The Labute approximate surface area is 168 Å². The van der Waals surface area contributed by atoms with Crippen LogP contribution in [0.3, 0.4) is 0 Å². The van der Waals surface area contributed by atoms with Crippen LogP contribution >= 0.6 is 0 Å². The second-order valence-electron chi connectivity index (χ2n) is 8.21. The zero-order chi connectivity index (χ0) is 20.0. The maximum atomic E-state index is 11.3. The number of hydrogen-bond acceptors (Lipinski definition) is 3. The molecule has 1 amide bonds. The average Bonchev–Trinajstić information content (AvgIpc) is 3.18. The summed E-state index contributed by atoms with van der Waals surface area (Å²) in [7, 11) is 3.59. The lowest BCUT2D eigenvalue weighted by atomic mass is 9.78. The van der Waals surface area contributed by atoms with Crippen LogP contribution in [0.2, 0.25) is 0 Å². The Kier molecular flexibility index (Phi) is 6.81. The minimum atomic E-state index is -0.212. The molecule has 0 radical (unpaired) electrons. The molecule has 1 saturated heterocycles. The van der Waals surface area contributed by atoms with Crippen LogP contribution in [0.15, 0.2) is 29.3 Å². The molecule has 3 rings (SSSR count). The number of ether oxygens (including phenoxy) is 1. The molecule has 1 aromatic carbocycles. The van der Waals surface area contributed by atoms with Crippen molar-refractivity contribution >= 4 is 11.9 Å². The molecule has 6 nitrogen and oxygen atoms in total. The minimum absolute atomic E-state index is 0.0744. The highest BCUT2D eigenvalue weighted by atomic mass is 16.5. The van der Waals surface area contributed by atoms with Gasteiger partial charge in [0.15, 0.2) is 5.96 Å². The van der Waals surface area contributed by atoms with Gasteiger partial charge < -0.3 is 20.7 Å². The van der Waals surface area contributed by atoms with E-state index in [0.717, 1.165) is 57.0 Å². The maximum absolute atomic E-state index is 11.3. The average molecular weight is 387 g/mol. The largest absolute Gasteiger partial charge is 0.496 e. The van der Waals surface area contributed by atoms with Crippen LogP contribution in [-0.4, -0.2) is 50.6 Å². The van der Waals surface area contributed by atoms with Gasteiger partial charge in [-0.05, 0) is 37.7 Å². The van der Waals surface area contributed by atoms with Crippen molar-refractivity contribution in [3.05, 3.63) is 29.8 Å². The zero-order valence-electron chi connectivity index (χ0n) is 17.2. The number of guanidine groups is 1.